The summed E-state index contributed by atoms with van der Waals surface area (Å²) in [6, 6.07) is 14.6. The van der Waals surface area contributed by atoms with Crippen molar-refractivity contribution in [2.24, 2.45) is 0 Å². The van der Waals surface area contributed by atoms with Crippen molar-refractivity contribution in [3.8, 4) is 0 Å². The average Bonchev–Trinajstić information content (AvgIpc) is 2.94. The Bertz CT molecular complexity index is 1380. The van der Waals surface area contributed by atoms with Crippen LogP contribution in [0.4, 0.5) is 11.8 Å². The third-order valence-corrected chi connectivity index (χ3v) is 9.01. The fourth-order valence-corrected chi connectivity index (χ4v) is 6.74. The van der Waals surface area contributed by atoms with Crippen molar-refractivity contribution in [1.29, 1.82) is 0 Å². The molecule has 1 amide bonds. The van der Waals surface area contributed by atoms with Crippen LogP contribution < -0.4 is 15.5 Å². The summed E-state index contributed by atoms with van der Waals surface area (Å²) < 4.78 is 25.8. The van der Waals surface area contributed by atoms with Crippen LogP contribution in [0, 0.1) is 0 Å². The number of carbonyl (C=O) groups excluding carboxylic acids is 1. The van der Waals surface area contributed by atoms with Crippen LogP contribution in [0.25, 0.3) is 10.9 Å². The second-order valence-electron chi connectivity index (χ2n) is 10.8. The maximum Gasteiger partial charge on any atom is 0.251 e. The van der Waals surface area contributed by atoms with Gasteiger partial charge in [-0.3, -0.25) is 9.69 Å². The lowest BCUT2D eigenvalue weighted by atomic mass is 9.91. The van der Waals surface area contributed by atoms with Crippen molar-refractivity contribution in [3.05, 3.63) is 54.1 Å². The van der Waals surface area contributed by atoms with Gasteiger partial charge in [0.15, 0.2) is 9.84 Å². The molecule has 2 N–H and O–H groups in total. The number of hydrogen-bond donors (Lipinski definition) is 2. The van der Waals surface area contributed by atoms with E-state index < -0.39 is 9.84 Å². The van der Waals surface area contributed by atoms with Gasteiger partial charge in [-0.15, -0.1) is 0 Å². The number of rotatable bonds is 12. The summed E-state index contributed by atoms with van der Waals surface area (Å²) in [5.74, 6) is 1.33. The minimum absolute atomic E-state index is 0.00178. The van der Waals surface area contributed by atoms with Gasteiger partial charge in [0.05, 0.1) is 10.4 Å². The second-order valence-corrected chi connectivity index (χ2v) is 12.8. The summed E-state index contributed by atoms with van der Waals surface area (Å²) in [7, 11) is 0.508. The first-order valence-corrected chi connectivity index (χ1v) is 15.9. The number of fused-ring (bicyclic) bond motifs is 1. The predicted molar refractivity (Wildman–Crippen MR) is 162 cm³/mol. The minimum atomic E-state index is -3.45. The topological polar surface area (TPSA) is 108 Å². The van der Waals surface area contributed by atoms with E-state index in [-0.39, 0.29) is 28.8 Å². The highest BCUT2D eigenvalue weighted by Gasteiger charge is 2.24. The highest BCUT2D eigenvalue weighted by molar-refractivity contribution is 7.91. The van der Waals surface area contributed by atoms with E-state index in [0.717, 1.165) is 68.3 Å². The zero-order valence-corrected chi connectivity index (χ0v) is 24.9. The van der Waals surface area contributed by atoms with Gasteiger partial charge in [0, 0.05) is 37.1 Å². The normalized spacial score (nSPS) is 17.6. The van der Waals surface area contributed by atoms with Crippen molar-refractivity contribution in [2.45, 2.75) is 69.4 Å². The monoisotopic (exact) mass is 566 g/mol. The molecule has 10 heteroatoms. The minimum Gasteiger partial charge on any atom is -0.362 e. The Kier molecular flexibility index (Phi) is 9.97. The zero-order valence-electron chi connectivity index (χ0n) is 24.1. The quantitative estimate of drug-likeness (QED) is 0.325. The Hall–Kier alpha value is -3.24. The molecule has 0 unspecified atom stereocenters. The highest BCUT2D eigenvalue weighted by atomic mass is 32.2. The van der Waals surface area contributed by atoms with Gasteiger partial charge in [-0.25, -0.2) is 13.4 Å². The van der Waals surface area contributed by atoms with E-state index in [9.17, 15) is 13.2 Å². The van der Waals surface area contributed by atoms with Crippen LogP contribution in [0.2, 0.25) is 0 Å². The maximum absolute atomic E-state index is 12.9. The zero-order chi connectivity index (χ0) is 28.7. The Morgan fingerprint density at radius 1 is 0.900 bits per heavy atom. The van der Waals surface area contributed by atoms with Crippen molar-refractivity contribution in [3.63, 3.8) is 0 Å². The molecule has 216 valence electrons. The maximum atomic E-state index is 12.9. The fraction of sp³-hybridized carbons (Fsp3) is 0.500. The highest BCUT2D eigenvalue weighted by Crippen LogP contribution is 2.26. The van der Waals surface area contributed by atoms with Crippen molar-refractivity contribution in [1.82, 2.24) is 20.2 Å². The summed E-state index contributed by atoms with van der Waals surface area (Å²) in [4.78, 5) is 26.6. The second kappa shape index (κ2) is 13.4. The van der Waals surface area contributed by atoms with Gasteiger partial charge in [-0.05, 0) is 88.0 Å². The summed E-state index contributed by atoms with van der Waals surface area (Å²) in [6.07, 6.45) is 5.27. The third kappa shape index (κ3) is 7.48. The number of benzene rings is 2. The molecule has 2 aromatic carbocycles. The first kappa shape index (κ1) is 29.7. The number of amides is 1. The molecule has 40 heavy (non-hydrogen) atoms. The molecule has 0 spiro atoms. The van der Waals surface area contributed by atoms with Crippen LogP contribution in [0.3, 0.4) is 0 Å². The molecule has 1 saturated carbocycles. The number of aromatic nitrogens is 2. The van der Waals surface area contributed by atoms with Gasteiger partial charge < -0.3 is 15.5 Å². The standard InChI is InChI=1S/C30H42N6O3S/c1-5-19-36(20-6-2)21-40(38,39)25-17-11-22(12-18-25)29(37)31-23-13-15-24(16-14-23)32-30-33-27-10-8-7-9-26(27)28(34-30)35(3)4/h7-12,17-18,23-24H,5-6,13-16,19-21H2,1-4H3,(H,31,37)(H,32,33,34)/t23-,24+. The molecule has 1 aliphatic rings. The van der Waals surface area contributed by atoms with Crippen LogP contribution in [0.5, 0.6) is 0 Å². The molecule has 0 aliphatic heterocycles. The lowest BCUT2D eigenvalue weighted by molar-refractivity contribution is 0.0926. The molecule has 1 aliphatic carbocycles. The SMILES string of the molecule is CCCN(CCC)CS(=O)(=O)c1ccc(C(=O)N[C@H]2CC[C@@H](Nc3nc(N(C)C)c4ccccc4n3)CC2)cc1. The van der Waals surface area contributed by atoms with Gasteiger partial charge in [0.1, 0.15) is 11.7 Å². The van der Waals surface area contributed by atoms with Gasteiger partial charge in [-0.2, -0.15) is 4.98 Å². The molecule has 0 radical (unpaired) electrons. The lowest BCUT2D eigenvalue weighted by Gasteiger charge is -2.30. The predicted octanol–water partition coefficient (Wildman–Crippen LogP) is 4.70. The molecule has 4 rings (SSSR count). The summed E-state index contributed by atoms with van der Waals surface area (Å²) in [6.45, 7) is 5.59. The molecule has 1 heterocycles. The smallest absolute Gasteiger partial charge is 0.251 e. The first-order valence-electron chi connectivity index (χ1n) is 14.3. The number of nitrogens with zero attached hydrogens (tertiary/aromatic N) is 4. The number of carbonyl (C=O) groups is 1. The van der Waals surface area contributed by atoms with Crippen LogP contribution >= 0.6 is 0 Å². The number of nitrogens with one attached hydrogen (secondary N) is 2. The number of hydrogen-bond acceptors (Lipinski definition) is 8. The van der Waals surface area contributed by atoms with Gasteiger partial charge >= 0.3 is 0 Å². The van der Waals surface area contributed by atoms with Crippen LogP contribution in [-0.2, 0) is 9.84 Å². The Balaban J connectivity index is 1.31. The van der Waals surface area contributed by atoms with E-state index in [0.29, 0.717) is 11.5 Å². The van der Waals surface area contributed by atoms with Gasteiger partial charge in [-0.1, -0.05) is 26.0 Å². The first-order chi connectivity index (χ1) is 19.2. The molecule has 1 fully saturated rings. The Labute approximate surface area is 238 Å². The molecule has 0 bridgehead atoms. The Morgan fingerprint density at radius 3 is 2.15 bits per heavy atom. The molecular formula is C30H42N6O3S. The number of sulfone groups is 1. The lowest BCUT2D eigenvalue weighted by Crippen LogP contribution is -2.40. The van der Waals surface area contributed by atoms with Crippen molar-refractivity contribution >= 4 is 38.4 Å². The van der Waals surface area contributed by atoms with Crippen molar-refractivity contribution in [2.75, 3.05) is 43.3 Å². The van der Waals surface area contributed by atoms with E-state index in [1.807, 2.05) is 62.0 Å². The summed E-state index contributed by atoms with van der Waals surface area (Å²) >= 11 is 0. The third-order valence-electron chi connectivity index (χ3n) is 7.31. The molecule has 0 atom stereocenters. The fourth-order valence-electron chi connectivity index (χ4n) is 5.30. The largest absolute Gasteiger partial charge is 0.362 e. The van der Waals surface area contributed by atoms with E-state index in [1.165, 1.54) is 0 Å². The van der Waals surface area contributed by atoms with E-state index >= 15 is 0 Å². The molecule has 1 aromatic heterocycles. The van der Waals surface area contributed by atoms with Gasteiger partial charge in [0.25, 0.3) is 5.91 Å². The average molecular weight is 567 g/mol. The van der Waals surface area contributed by atoms with E-state index in [2.05, 4.69) is 10.6 Å². The molecular weight excluding hydrogens is 524 g/mol. The Morgan fingerprint density at radius 2 is 1.52 bits per heavy atom. The molecule has 0 saturated heterocycles. The summed E-state index contributed by atoms with van der Waals surface area (Å²) in [5.41, 5.74) is 1.38. The van der Waals surface area contributed by atoms with E-state index in [4.69, 9.17) is 9.97 Å². The van der Waals surface area contributed by atoms with Crippen LogP contribution in [-0.4, -0.2) is 74.3 Å². The van der Waals surface area contributed by atoms with Crippen molar-refractivity contribution < 1.29 is 13.2 Å². The van der Waals surface area contributed by atoms with Crippen LogP contribution in [0.1, 0.15) is 62.7 Å². The molecule has 9 nitrogen and oxygen atoms in total. The van der Waals surface area contributed by atoms with E-state index in [1.54, 1.807) is 24.3 Å². The van der Waals surface area contributed by atoms with Gasteiger partial charge in [0.2, 0.25) is 5.95 Å². The van der Waals surface area contributed by atoms with Crippen LogP contribution in [0.15, 0.2) is 53.4 Å². The number of para-hydroxylation sites is 1. The number of anilines is 2. The molecule has 3 aromatic rings. The summed E-state index contributed by atoms with van der Waals surface area (Å²) in [5, 5.41) is 7.65.